The Balaban J connectivity index is 1.90. The van der Waals surface area contributed by atoms with Gasteiger partial charge < -0.3 is 8.85 Å². The van der Waals surface area contributed by atoms with Gasteiger partial charge in [0.2, 0.25) is 5.91 Å². The molecule has 3 aliphatic carbocycles. The zero-order valence-electron chi connectivity index (χ0n) is 31.1. The molecule has 1 saturated carbocycles. The first kappa shape index (κ1) is 38.4. The molecule has 7 nitrogen and oxygen atoms in total. The number of rotatable bonds is 10. The summed E-state index contributed by atoms with van der Waals surface area (Å²) in [4.78, 5) is 31.7. The highest BCUT2D eigenvalue weighted by Gasteiger charge is 2.82. The zero-order chi connectivity index (χ0) is 36.7. The Morgan fingerprint density at radius 2 is 1.37 bits per heavy atom. The van der Waals surface area contributed by atoms with E-state index in [4.69, 9.17) is 8.85 Å². The van der Waals surface area contributed by atoms with Crippen molar-refractivity contribution >= 4 is 66.6 Å². The standard InChI is InChI=1S/C38H54INO6SSi2/c1-24(2)49(25(3)4,26(5)6)46-33-31(39)30-29(45-48(11,12)36(7,8)9)23-37(33,10)32-34(41)40(27-19-15-13-16-20-27)35(42)38(30,32)47(43,44)28-21-17-14-18-22-28/h13-22,24-26,29-30,32H,23H2,1-12H3/t29-,30+,32+,37+,38+/m1/s1. The molecule has 2 amide bonds. The van der Waals surface area contributed by atoms with E-state index in [1.54, 1.807) is 54.6 Å². The van der Waals surface area contributed by atoms with Crippen molar-refractivity contribution in [3.05, 3.63) is 70.0 Å². The Kier molecular flexibility index (Phi) is 9.96. The van der Waals surface area contributed by atoms with Crippen molar-refractivity contribution in [2.45, 2.75) is 126 Å². The number of hydrogen-bond donors (Lipinski definition) is 0. The lowest BCUT2D eigenvalue weighted by Crippen LogP contribution is -2.71. The summed E-state index contributed by atoms with van der Waals surface area (Å²) in [6.45, 7) is 26.1. The average Bonchev–Trinajstić information content (AvgIpc) is 3.25. The number of fused-ring (bicyclic) bond motifs is 1. The minimum atomic E-state index is -4.49. The van der Waals surface area contributed by atoms with E-state index in [0.29, 0.717) is 21.4 Å². The monoisotopic (exact) mass is 835 g/mol. The Morgan fingerprint density at radius 1 is 0.878 bits per heavy atom. The average molecular weight is 836 g/mol. The Hall–Kier alpha value is -1.81. The number of carbonyl (C=O) groups excluding carboxylic acids is 2. The quantitative estimate of drug-likeness (QED) is 0.135. The maximum atomic E-state index is 15.5. The summed E-state index contributed by atoms with van der Waals surface area (Å²) in [7, 11) is -9.59. The molecule has 5 atom stereocenters. The molecule has 2 aromatic rings. The van der Waals surface area contributed by atoms with Crippen molar-refractivity contribution in [3.63, 3.8) is 0 Å². The zero-order valence-corrected chi connectivity index (χ0v) is 36.1. The maximum Gasteiger partial charge on any atom is 0.258 e. The third kappa shape index (κ3) is 5.41. The molecule has 6 rings (SSSR count). The summed E-state index contributed by atoms with van der Waals surface area (Å²) in [6.07, 6.45) is -0.246. The fourth-order valence-electron chi connectivity index (χ4n) is 9.10. The second-order valence-electron chi connectivity index (χ2n) is 17.0. The Labute approximate surface area is 309 Å². The first-order chi connectivity index (χ1) is 22.5. The summed E-state index contributed by atoms with van der Waals surface area (Å²) in [5.74, 6) is -2.67. The number of benzene rings is 2. The largest absolute Gasteiger partial charge is 0.545 e. The normalized spacial score (nSPS) is 27.9. The van der Waals surface area contributed by atoms with Crippen molar-refractivity contribution in [2.24, 2.45) is 17.3 Å². The molecule has 49 heavy (non-hydrogen) atoms. The highest BCUT2D eigenvalue weighted by molar-refractivity contribution is 14.1. The molecule has 0 spiro atoms. The van der Waals surface area contributed by atoms with Gasteiger partial charge in [-0.15, -0.1) is 0 Å². The Morgan fingerprint density at radius 3 is 1.84 bits per heavy atom. The van der Waals surface area contributed by atoms with Crippen molar-refractivity contribution in [1.82, 2.24) is 0 Å². The van der Waals surface area contributed by atoms with E-state index < -0.39 is 66.4 Å². The molecule has 1 saturated heterocycles. The lowest BCUT2D eigenvalue weighted by Gasteiger charge is -2.61. The lowest BCUT2D eigenvalue weighted by molar-refractivity contribution is -0.134. The molecule has 2 bridgehead atoms. The molecule has 4 aliphatic rings. The van der Waals surface area contributed by atoms with Gasteiger partial charge in [0.05, 0.1) is 28.4 Å². The number of hydrogen-bond acceptors (Lipinski definition) is 6. The van der Waals surface area contributed by atoms with Crippen molar-refractivity contribution in [2.75, 3.05) is 4.90 Å². The van der Waals surface area contributed by atoms with Crippen LogP contribution in [0, 0.1) is 17.3 Å². The number of halogens is 1. The first-order valence-electron chi connectivity index (χ1n) is 17.5. The van der Waals surface area contributed by atoms with Gasteiger partial charge >= 0.3 is 0 Å². The van der Waals surface area contributed by atoms with Crippen molar-refractivity contribution in [1.29, 1.82) is 0 Å². The molecule has 11 heteroatoms. The van der Waals surface area contributed by atoms with Gasteiger partial charge in [0.1, 0.15) is 0 Å². The van der Waals surface area contributed by atoms with Crippen LogP contribution in [-0.4, -0.2) is 47.7 Å². The summed E-state index contributed by atoms with van der Waals surface area (Å²) in [5.41, 5.74) is -0.0498. The number of amides is 2. The maximum absolute atomic E-state index is 15.5. The van der Waals surface area contributed by atoms with Gasteiger partial charge in [-0.2, -0.15) is 0 Å². The second kappa shape index (κ2) is 12.7. The van der Waals surface area contributed by atoms with Crippen LogP contribution in [0.1, 0.15) is 75.7 Å². The van der Waals surface area contributed by atoms with E-state index in [9.17, 15) is 0 Å². The summed E-state index contributed by atoms with van der Waals surface area (Å²) in [6, 6.07) is 16.9. The number of nitrogens with zero attached hydrogens (tertiary/aromatic N) is 1. The van der Waals surface area contributed by atoms with Crippen LogP contribution < -0.4 is 4.90 Å². The molecule has 0 aromatic heterocycles. The Bertz CT molecular complexity index is 1730. The summed E-state index contributed by atoms with van der Waals surface area (Å²) < 4.78 is 44.4. The number of allylic oxidation sites excluding steroid dienone is 1. The predicted octanol–water partition coefficient (Wildman–Crippen LogP) is 9.66. The minimum absolute atomic E-state index is 0.0280. The predicted molar refractivity (Wildman–Crippen MR) is 210 cm³/mol. The SMILES string of the molecule is CC(C)[Si](OC1=C(I)[C@@H]2[C@H](O[Si](C)(C)C(C)(C)C)C[C@@]1(C)[C@@H]1C(=O)N(c3ccccc3)C(=O)[C@]21S(=O)(=O)c1ccccc1)(C(C)C)C(C)C. The van der Waals surface area contributed by atoms with Crippen LogP contribution in [0.2, 0.25) is 34.8 Å². The number of imide groups is 1. The third-order valence-corrected chi connectivity index (χ3v) is 26.4. The first-order valence-corrected chi connectivity index (χ1v) is 25.2. The van der Waals surface area contributed by atoms with Gasteiger partial charge in [-0.25, -0.2) is 13.3 Å². The number of carbonyl (C=O) groups is 2. The van der Waals surface area contributed by atoms with Gasteiger partial charge in [-0.05, 0) is 88.0 Å². The third-order valence-electron chi connectivity index (χ3n) is 12.3. The van der Waals surface area contributed by atoms with Crippen LogP contribution in [0.25, 0.3) is 0 Å². The molecule has 1 aliphatic heterocycles. The van der Waals surface area contributed by atoms with E-state index >= 15 is 18.0 Å². The molecule has 1 heterocycles. The molecule has 2 aromatic carbocycles. The lowest BCUT2D eigenvalue weighted by atomic mass is 9.53. The summed E-state index contributed by atoms with van der Waals surface area (Å²) in [5, 5.41) is -0.176. The minimum Gasteiger partial charge on any atom is -0.545 e. The van der Waals surface area contributed by atoms with Gasteiger partial charge in [0, 0.05) is 14.9 Å². The van der Waals surface area contributed by atoms with Gasteiger partial charge in [0.25, 0.3) is 14.2 Å². The smallest absolute Gasteiger partial charge is 0.258 e. The number of anilines is 1. The van der Waals surface area contributed by atoms with E-state index in [-0.39, 0.29) is 26.6 Å². The van der Waals surface area contributed by atoms with E-state index in [1.165, 1.54) is 0 Å². The van der Waals surface area contributed by atoms with Gasteiger partial charge in [0.15, 0.2) is 22.9 Å². The molecular formula is C38H54INO6SSi2. The van der Waals surface area contributed by atoms with Gasteiger partial charge in [-0.1, -0.05) is 106 Å². The highest BCUT2D eigenvalue weighted by atomic mass is 127. The molecule has 0 N–H and O–H groups in total. The van der Waals surface area contributed by atoms with E-state index in [0.717, 1.165) is 4.90 Å². The van der Waals surface area contributed by atoms with Crippen LogP contribution in [0.4, 0.5) is 5.69 Å². The fraction of sp³-hybridized carbons (Fsp3) is 0.579. The number of para-hydroxylation sites is 1. The summed E-state index contributed by atoms with van der Waals surface area (Å²) >= 11 is 2.27. The van der Waals surface area contributed by atoms with E-state index in [1.807, 2.05) is 13.0 Å². The van der Waals surface area contributed by atoms with Crippen molar-refractivity contribution in [3.8, 4) is 0 Å². The molecule has 0 radical (unpaired) electrons. The molecular weight excluding hydrogens is 782 g/mol. The van der Waals surface area contributed by atoms with Crippen LogP contribution in [0.15, 0.2) is 74.9 Å². The highest BCUT2D eigenvalue weighted by Crippen LogP contribution is 2.70. The van der Waals surface area contributed by atoms with Crippen LogP contribution >= 0.6 is 22.6 Å². The molecule has 0 unspecified atom stereocenters. The fourth-order valence-corrected chi connectivity index (χ4v) is 20.4. The van der Waals surface area contributed by atoms with Crippen molar-refractivity contribution < 1.29 is 26.9 Å². The molecule has 2 fully saturated rings. The number of sulfone groups is 1. The second-order valence-corrected chi connectivity index (χ2v) is 30.4. The van der Waals surface area contributed by atoms with E-state index in [2.05, 4.69) is 98.0 Å². The van der Waals surface area contributed by atoms with Crippen LogP contribution in [0.3, 0.4) is 0 Å². The van der Waals surface area contributed by atoms with Crippen LogP contribution in [-0.2, 0) is 28.3 Å². The topological polar surface area (TPSA) is 90.0 Å². The van der Waals surface area contributed by atoms with Gasteiger partial charge in [-0.3, -0.25) is 9.59 Å². The molecule has 268 valence electrons. The van der Waals surface area contributed by atoms with Crippen LogP contribution in [0.5, 0.6) is 0 Å².